The lowest BCUT2D eigenvalue weighted by atomic mass is 9.82. The molecule has 1 aromatic heterocycles. The van der Waals surface area contributed by atoms with Crippen LogP contribution in [0.25, 0.3) is 5.69 Å². The third-order valence-electron chi connectivity index (χ3n) is 4.21. The summed E-state index contributed by atoms with van der Waals surface area (Å²) in [7, 11) is 0. The third kappa shape index (κ3) is 2.85. The number of hydrogen-bond donors (Lipinski definition) is 2. The highest BCUT2D eigenvalue weighted by Crippen LogP contribution is 2.28. The molecule has 22 heavy (non-hydrogen) atoms. The minimum absolute atomic E-state index is 0.0474. The highest BCUT2D eigenvalue weighted by atomic mass is 16.2. The monoisotopic (exact) mass is 300 g/mol. The van der Waals surface area contributed by atoms with Crippen LogP contribution in [0.15, 0.2) is 24.5 Å². The summed E-state index contributed by atoms with van der Waals surface area (Å²) < 4.78 is 1.59. The van der Waals surface area contributed by atoms with E-state index in [1.54, 1.807) is 11.0 Å². The average Bonchev–Trinajstić information content (AvgIpc) is 3.04. The first-order valence-electron chi connectivity index (χ1n) is 7.45. The molecule has 1 atom stereocenters. The second kappa shape index (κ2) is 5.84. The summed E-state index contributed by atoms with van der Waals surface area (Å²) in [6, 6.07) is 5.75. The third-order valence-corrected chi connectivity index (χ3v) is 4.21. The topological polar surface area (TPSA) is 84.7 Å². The number of carbonyl (C=O) groups is 1. The number of aromatic nitrogens is 4. The van der Waals surface area contributed by atoms with Gasteiger partial charge in [0.05, 0.1) is 11.1 Å². The van der Waals surface area contributed by atoms with E-state index in [0.717, 1.165) is 36.3 Å². The van der Waals surface area contributed by atoms with Gasteiger partial charge in [-0.15, -0.1) is 5.10 Å². The molecule has 2 aromatic rings. The van der Waals surface area contributed by atoms with Gasteiger partial charge in [-0.05, 0) is 61.4 Å². The summed E-state index contributed by atoms with van der Waals surface area (Å²) in [6.07, 6.45) is 3.46. The van der Waals surface area contributed by atoms with Crippen LogP contribution >= 0.6 is 0 Å². The van der Waals surface area contributed by atoms with E-state index in [4.69, 9.17) is 0 Å². The first kappa shape index (κ1) is 14.6. The van der Waals surface area contributed by atoms with Crippen molar-refractivity contribution in [3.8, 4) is 5.69 Å². The van der Waals surface area contributed by atoms with E-state index in [1.165, 1.54) is 0 Å². The van der Waals surface area contributed by atoms with Crippen molar-refractivity contribution in [3.05, 3.63) is 30.1 Å². The summed E-state index contributed by atoms with van der Waals surface area (Å²) in [5.41, 5.74) is 2.29. The number of piperidine rings is 1. The van der Waals surface area contributed by atoms with E-state index in [-0.39, 0.29) is 11.3 Å². The van der Waals surface area contributed by atoms with Crippen molar-refractivity contribution in [2.24, 2.45) is 5.41 Å². The number of tetrazole rings is 1. The predicted molar refractivity (Wildman–Crippen MR) is 82.7 cm³/mol. The Labute approximate surface area is 129 Å². The first-order valence-corrected chi connectivity index (χ1v) is 7.45. The molecule has 1 unspecified atom stereocenters. The number of carbonyl (C=O) groups excluding carboxylic acids is 1. The molecule has 0 saturated carbocycles. The van der Waals surface area contributed by atoms with Crippen molar-refractivity contribution >= 4 is 11.6 Å². The number of benzene rings is 1. The summed E-state index contributed by atoms with van der Waals surface area (Å²) in [5.74, 6) is 0.0474. The van der Waals surface area contributed by atoms with E-state index in [9.17, 15) is 4.79 Å². The maximum atomic E-state index is 12.6. The van der Waals surface area contributed by atoms with Gasteiger partial charge in [0.15, 0.2) is 0 Å². The Kier molecular flexibility index (Phi) is 3.89. The van der Waals surface area contributed by atoms with E-state index in [2.05, 4.69) is 26.2 Å². The van der Waals surface area contributed by atoms with Crippen molar-refractivity contribution in [1.29, 1.82) is 0 Å². The van der Waals surface area contributed by atoms with Gasteiger partial charge in [-0.1, -0.05) is 6.07 Å². The second-order valence-corrected chi connectivity index (χ2v) is 6.05. The number of nitrogens with one attached hydrogen (secondary N) is 2. The summed E-state index contributed by atoms with van der Waals surface area (Å²) in [4.78, 5) is 12.6. The zero-order valence-corrected chi connectivity index (χ0v) is 12.8. The lowest BCUT2D eigenvalue weighted by Crippen LogP contribution is -2.46. The quantitative estimate of drug-likeness (QED) is 0.892. The van der Waals surface area contributed by atoms with Gasteiger partial charge in [-0.25, -0.2) is 4.68 Å². The number of hydrogen-bond acceptors (Lipinski definition) is 5. The lowest BCUT2D eigenvalue weighted by molar-refractivity contribution is -0.125. The Balaban J connectivity index is 1.81. The van der Waals surface area contributed by atoms with Crippen LogP contribution in [0.2, 0.25) is 0 Å². The first-order chi connectivity index (χ1) is 10.6. The Hall–Kier alpha value is -2.28. The molecule has 2 N–H and O–H groups in total. The van der Waals surface area contributed by atoms with Crippen LogP contribution in [0, 0.1) is 12.3 Å². The van der Waals surface area contributed by atoms with E-state index >= 15 is 0 Å². The molecule has 3 rings (SSSR count). The molecule has 0 bridgehead atoms. The zero-order chi connectivity index (χ0) is 15.6. The fraction of sp³-hybridized carbons (Fsp3) is 0.467. The molecule has 7 heteroatoms. The summed E-state index contributed by atoms with van der Waals surface area (Å²) in [6.45, 7) is 5.68. The van der Waals surface area contributed by atoms with Crippen molar-refractivity contribution < 1.29 is 4.79 Å². The van der Waals surface area contributed by atoms with Crippen molar-refractivity contribution in [2.45, 2.75) is 26.7 Å². The van der Waals surface area contributed by atoms with Crippen LogP contribution in [-0.4, -0.2) is 39.2 Å². The molecular formula is C15H20N6O. The van der Waals surface area contributed by atoms with Gasteiger partial charge in [0.1, 0.15) is 6.33 Å². The Morgan fingerprint density at radius 1 is 1.45 bits per heavy atom. The number of nitrogens with zero attached hydrogens (tertiary/aromatic N) is 4. The van der Waals surface area contributed by atoms with Crippen LogP contribution in [-0.2, 0) is 4.79 Å². The SMILES string of the molecule is Cc1ccc(NC(=O)C2(C)CCCNC2)cc1-n1cnnn1. The van der Waals surface area contributed by atoms with Gasteiger partial charge >= 0.3 is 0 Å². The van der Waals surface area contributed by atoms with Gasteiger partial charge in [-0.3, -0.25) is 4.79 Å². The Morgan fingerprint density at radius 3 is 3.00 bits per heavy atom. The zero-order valence-electron chi connectivity index (χ0n) is 12.8. The second-order valence-electron chi connectivity index (χ2n) is 6.05. The fourth-order valence-corrected chi connectivity index (χ4v) is 2.74. The van der Waals surface area contributed by atoms with Crippen LogP contribution in [0.1, 0.15) is 25.3 Å². The van der Waals surface area contributed by atoms with E-state index in [0.29, 0.717) is 6.54 Å². The predicted octanol–water partition coefficient (Wildman–Crippen LogP) is 1.30. The standard InChI is InChI=1S/C15H20N6O/c1-11-4-5-12(8-13(11)21-10-17-19-20-21)18-14(22)15(2)6-3-7-16-9-15/h4-5,8,10,16H,3,6-7,9H2,1-2H3,(H,18,22). The van der Waals surface area contributed by atoms with Crippen LogP contribution in [0.3, 0.4) is 0 Å². The van der Waals surface area contributed by atoms with Crippen molar-refractivity contribution in [2.75, 3.05) is 18.4 Å². The molecule has 1 aliphatic heterocycles. The van der Waals surface area contributed by atoms with Crippen LogP contribution < -0.4 is 10.6 Å². The molecule has 0 aliphatic carbocycles. The van der Waals surface area contributed by atoms with Gasteiger partial charge in [0, 0.05) is 12.2 Å². The maximum absolute atomic E-state index is 12.6. The molecule has 7 nitrogen and oxygen atoms in total. The fourth-order valence-electron chi connectivity index (χ4n) is 2.74. The minimum atomic E-state index is -0.363. The Morgan fingerprint density at radius 2 is 2.32 bits per heavy atom. The largest absolute Gasteiger partial charge is 0.326 e. The van der Waals surface area contributed by atoms with Crippen molar-refractivity contribution in [1.82, 2.24) is 25.5 Å². The number of aryl methyl sites for hydroxylation is 1. The van der Waals surface area contributed by atoms with Gasteiger partial charge in [-0.2, -0.15) is 0 Å². The van der Waals surface area contributed by atoms with Crippen LogP contribution in [0.5, 0.6) is 0 Å². The van der Waals surface area contributed by atoms with Crippen molar-refractivity contribution in [3.63, 3.8) is 0 Å². The highest BCUT2D eigenvalue weighted by molar-refractivity contribution is 5.95. The molecular weight excluding hydrogens is 280 g/mol. The smallest absolute Gasteiger partial charge is 0.231 e. The highest BCUT2D eigenvalue weighted by Gasteiger charge is 2.34. The van der Waals surface area contributed by atoms with E-state index < -0.39 is 0 Å². The molecule has 1 fully saturated rings. The molecule has 1 saturated heterocycles. The molecule has 1 aliphatic rings. The lowest BCUT2D eigenvalue weighted by Gasteiger charge is -2.32. The molecule has 2 heterocycles. The molecule has 1 amide bonds. The van der Waals surface area contributed by atoms with Gasteiger partial charge in [0.2, 0.25) is 5.91 Å². The summed E-state index contributed by atoms with van der Waals surface area (Å²) in [5, 5.41) is 17.5. The molecule has 1 aromatic carbocycles. The molecule has 0 radical (unpaired) electrons. The molecule has 0 spiro atoms. The number of amides is 1. The van der Waals surface area contributed by atoms with E-state index in [1.807, 2.05) is 32.0 Å². The number of rotatable bonds is 3. The number of anilines is 1. The van der Waals surface area contributed by atoms with Gasteiger partial charge < -0.3 is 10.6 Å². The average molecular weight is 300 g/mol. The van der Waals surface area contributed by atoms with Gasteiger partial charge in [0.25, 0.3) is 0 Å². The Bertz CT molecular complexity index is 661. The maximum Gasteiger partial charge on any atom is 0.231 e. The van der Waals surface area contributed by atoms with Crippen LogP contribution in [0.4, 0.5) is 5.69 Å². The normalized spacial score (nSPS) is 21.5. The molecule has 116 valence electrons. The minimum Gasteiger partial charge on any atom is -0.326 e. The summed E-state index contributed by atoms with van der Waals surface area (Å²) >= 11 is 0.